The molecule has 1 saturated carbocycles. The lowest BCUT2D eigenvalue weighted by Crippen LogP contribution is -2.50. The lowest BCUT2D eigenvalue weighted by atomic mass is 10.2. The first-order chi connectivity index (χ1) is 10.9. The minimum atomic E-state index is -3.42. The SMILES string of the molecule is Cc1ccc(C)c(S(=O)(=O)N2CC(n3cc(C4CC4)nn3)C2)c1. The van der Waals surface area contributed by atoms with Crippen LogP contribution < -0.4 is 0 Å². The van der Waals surface area contributed by atoms with Gasteiger partial charge in [-0.2, -0.15) is 4.31 Å². The van der Waals surface area contributed by atoms with Crippen LogP contribution in [0.4, 0.5) is 0 Å². The summed E-state index contributed by atoms with van der Waals surface area (Å²) in [6.45, 7) is 4.67. The average Bonchev–Trinajstić information content (AvgIpc) is 3.19. The number of benzene rings is 1. The first-order valence-electron chi connectivity index (χ1n) is 7.94. The van der Waals surface area contributed by atoms with Crippen molar-refractivity contribution in [3.63, 3.8) is 0 Å². The second-order valence-corrected chi connectivity index (χ2v) is 8.55. The van der Waals surface area contributed by atoms with Gasteiger partial charge in [0.1, 0.15) is 0 Å². The van der Waals surface area contributed by atoms with Crippen LogP contribution in [0, 0.1) is 13.8 Å². The Kier molecular flexibility index (Phi) is 3.32. The lowest BCUT2D eigenvalue weighted by molar-refractivity contribution is 0.188. The van der Waals surface area contributed by atoms with Gasteiger partial charge in [0.2, 0.25) is 10.0 Å². The highest BCUT2D eigenvalue weighted by Gasteiger charge is 2.39. The van der Waals surface area contributed by atoms with Crippen LogP contribution in [-0.2, 0) is 10.0 Å². The summed E-state index contributed by atoms with van der Waals surface area (Å²) in [5, 5.41) is 8.36. The maximum atomic E-state index is 12.8. The first-order valence-corrected chi connectivity index (χ1v) is 9.38. The van der Waals surface area contributed by atoms with Crippen LogP contribution in [0.5, 0.6) is 0 Å². The number of aryl methyl sites for hydroxylation is 2. The molecule has 1 aromatic carbocycles. The highest BCUT2D eigenvalue weighted by atomic mass is 32.2. The van der Waals surface area contributed by atoms with E-state index in [1.165, 1.54) is 17.1 Å². The zero-order valence-electron chi connectivity index (χ0n) is 13.3. The summed E-state index contributed by atoms with van der Waals surface area (Å²) in [5.41, 5.74) is 2.79. The van der Waals surface area contributed by atoms with Gasteiger partial charge in [0.25, 0.3) is 0 Å². The minimum Gasteiger partial charge on any atom is -0.247 e. The topological polar surface area (TPSA) is 68.1 Å². The third-order valence-electron chi connectivity index (χ3n) is 4.69. The molecule has 0 bridgehead atoms. The van der Waals surface area contributed by atoms with E-state index in [-0.39, 0.29) is 6.04 Å². The molecule has 0 atom stereocenters. The molecule has 0 amide bonds. The molecule has 0 spiro atoms. The summed E-state index contributed by atoms with van der Waals surface area (Å²) in [5.74, 6) is 0.568. The lowest BCUT2D eigenvalue weighted by Gasteiger charge is -2.37. The Balaban J connectivity index is 1.50. The molecule has 1 aliphatic carbocycles. The Morgan fingerprint density at radius 2 is 1.91 bits per heavy atom. The molecule has 6 nitrogen and oxygen atoms in total. The predicted octanol–water partition coefficient (Wildman–Crippen LogP) is 2.02. The maximum Gasteiger partial charge on any atom is 0.243 e. The van der Waals surface area contributed by atoms with Gasteiger partial charge in [-0.15, -0.1) is 5.10 Å². The molecular weight excluding hydrogens is 312 g/mol. The van der Waals surface area contributed by atoms with Crippen LogP contribution in [0.25, 0.3) is 0 Å². The van der Waals surface area contributed by atoms with E-state index >= 15 is 0 Å². The van der Waals surface area contributed by atoms with E-state index < -0.39 is 10.0 Å². The van der Waals surface area contributed by atoms with Gasteiger partial charge < -0.3 is 0 Å². The molecule has 0 N–H and O–H groups in total. The molecule has 4 rings (SSSR count). The summed E-state index contributed by atoms with van der Waals surface area (Å²) in [7, 11) is -3.42. The van der Waals surface area contributed by atoms with Crippen molar-refractivity contribution in [2.24, 2.45) is 0 Å². The van der Waals surface area contributed by atoms with Crippen molar-refractivity contribution in [1.29, 1.82) is 0 Å². The van der Waals surface area contributed by atoms with Crippen molar-refractivity contribution in [2.75, 3.05) is 13.1 Å². The van der Waals surface area contributed by atoms with Crippen molar-refractivity contribution in [2.45, 2.75) is 43.5 Å². The van der Waals surface area contributed by atoms with Gasteiger partial charge >= 0.3 is 0 Å². The molecule has 2 heterocycles. The fourth-order valence-corrected chi connectivity index (χ4v) is 4.76. The molecule has 2 aliphatic rings. The zero-order valence-corrected chi connectivity index (χ0v) is 14.1. The van der Waals surface area contributed by atoms with E-state index in [0.29, 0.717) is 23.9 Å². The highest BCUT2D eigenvalue weighted by molar-refractivity contribution is 7.89. The van der Waals surface area contributed by atoms with Crippen molar-refractivity contribution in [1.82, 2.24) is 19.3 Å². The largest absolute Gasteiger partial charge is 0.247 e. The average molecular weight is 332 g/mol. The van der Waals surface area contributed by atoms with Gasteiger partial charge in [0, 0.05) is 25.2 Å². The predicted molar refractivity (Wildman–Crippen MR) is 85.7 cm³/mol. The maximum absolute atomic E-state index is 12.8. The Labute approximate surface area is 136 Å². The van der Waals surface area contributed by atoms with E-state index in [4.69, 9.17) is 0 Å². The molecular formula is C16H20N4O2S. The van der Waals surface area contributed by atoms with E-state index in [9.17, 15) is 8.42 Å². The molecule has 2 fully saturated rings. The molecule has 1 aromatic heterocycles. The van der Waals surface area contributed by atoms with Gasteiger partial charge in [-0.1, -0.05) is 17.3 Å². The van der Waals surface area contributed by atoms with E-state index in [1.807, 2.05) is 36.9 Å². The fourth-order valence-electron chi connectivity index (χ4n) is 2.94. The summed E-state index contributed by atoms with van der Waals surface area (Å²) in [4.78, 5) is 0.410. The molecule has 1 aliphatic heterocycles. The number of hydrogen-bond donors (Lipinski definition) is 0. The molecule has 23 heavy (non-hydrogen) atoms. The van der Waals surface area contributed by atoms with Crippen molar-refractivity contribution in [3.05, 3.63) is 41.2 Å². The number of rotatable bonds is 4. The van der Waals surface area contributed by atoms with E-state index in [0.717, 1.165) is 16.8 Å². The Morgan fingerprint density at radius 1 is 1.17 bits per heavy atom. The molecule has 7 heteroatoms. The summed E-state index contributed by atoms with van der Waals surface area (Å²) in [6, 6.07) is 5.63. The van der Waals surface area contributed by atoms with E-state index in [2.05, 4.69) is 10.3 Å². The molecule has 1 saturated heterocycles. The normalized spacial score (nSPS) is 19.7. The smallest absolute Gasteiger partial charge is 0.243 e. The van der Waals surface area contributed by atoms with Gasteiger partial charge in [-0.3, -0.25) is 0 Å². The third-order valence-corrected chi connectivity index (χ3v) is 6.66. The van der Waals surface area contributed by atoms with Crippen LogP contribution in [0.15, 0.2) is 29.3 Å². The fraction of sp³-hybridized carbons (Fsp3) is 0.500. The number of hydrogen-bond acceptors (Lipinski definition) is 4. The standard InChI is InChI=1S/C16H20N4O2S/c1-11-3-4-12(2)16(7-11)23(21,22)19-8-14(9-19)20-10-15(17-18-20)13-5-6-13/h3-4,7,10,13-14H,5-6,8-9H2,1-2H3. The summed E-state index contributed by atoms with van der Waals surface area (Å²) < 4.78 is 28.9. The van der Waals surface area contributed by atoms with Crippen LogP contribution in [0.2, 0.25) is 0 Å². The first kappa shape index (κ1) is 14.8. The number of aromatic nitrogens is 3. The Hall–Kier alpha value is -1.73. The minimum absolute atomic E-state index is 0.0925. The van der Waals surface area contributed by atoms with Crippen LogP contribution in [0.3, 0.4) is 0 Å². The van der Waals surface area contributed by atoms with Crippen LogP contribution >= 0.6 is 0 Å². The second-order valence-electron chi connectivity index (χ2n) is 6.64. The molecule has 2 aromatic rings. The summed E-state index contributed by atoms with van der Waals surface area (Å²) >= 11 is 0. The quantitative estimate of drug-likeness (QED) is 0.859. The molecule has 0 unspecified atom stereocenters. The Morgan fingerprint density at radius 3 is 2.61 bits per heavy atom. The number of nitrogens with zero attached hydrogens (tertiary/aromatic N) is 4. The number of sulfonamides is 1. The third kappa shape index (κ3) is 2.57. The Bertz CT molecular complexity index is 849. The van der Waals surface area contributed by atoms with Gasteiger partial charge in [-0.25, -0.2) is 13.1 Å². The van der Waals surface area contributed by atoms with Crippen molar-refractivity contribution < 1.29 is 8.42 Å². The zero-order chi connectivity index (χ0) is 16.2. The van der Waals surface area contributed by atoms with Gasteiger partial charge in [0.05, 0.1) is 16.6 Å². The van der Waals surface area contributed by atoms with Crippen molar-refractivity contribution >= 4 is 10.0 Å². The monoisotopic (exact) mass is 332 g/mol. The van der Waals surface area contributed by atoms with Crippen molar-refractivity contribution in [3.8, 4) is 0 Å². The van der Waals surface area contributed by atoms with Gasteiger partial charge in [0.15, 0.2) is 0 Å². The van der Waals surface area contributed by atoms with Crippen LogP contribution in [0.1, 0.15) is 41.6 Å². The highest BCUT2D eigenvalue weighted by Crippen LogP contribution is 2.39. The molecule has 0 radical (unpaired) electrons. The van der Waals surface area contributed by atoms with E-state index in [1.54, 1.807) is 6.07 Å². The van der Waals surface area contributed by atoms with Gasteiger partial charge in [-0.05, 0) is 43.9 Å². The summed E-state index contributed by atoms with van der Waals surface area (Å²) in [6.07, 6.45) is 4.36. The molecule has 122 valence electrons. The van der Waals surface area contributed by atoms with Crippen LogP contribution in [-0.4, -0.2) is 40.8 Å². The second kappa shape index (κ2) is 5.14.